The number of hydrogen-bond acceptors (Lipinski definition) is 4. The molecule has 0 unspecified atom stereocenters. The fourth-order valence-electron chi connectivity index (χ4n) is 3.73. The van der Waals surface area contributed by atoms with E-state index in [1.165, 1.54) is 0 Å². The Balaban J connectivity index is 1.37. The average molecular weight is 429 g/mol. The largest absolute Gasteiger partial charge is 0.378 e. The topological polar surface area (TPSA) is 43.2 Å². The van der Waals surface area contributed by atoms with Crippen molar-refractivity contribution in [2.75, 3.05) is 31.2 Å². The van der Waals surface area contributed by atoms with Gasteiger partial charge in [0, 0.05) is 42.5 Å². The van der Waals surface area contributed by atoms with Crippen molar-refractivity contribution < 1.29 is 4.74 Å². The number of aromatic nitrogens is 3. The van der Waals surface area contributed by atoms with Crippen LogP contribution in [0.5, 0.6) is 0 Å². The normalized spacial score (nSPS) is 13.8. The molecule has 0 amide bonds. The van der Waals surface area contributed by atoms with Gasteiger partial charge in [-0.25, -0.2) is 9.97 Å². The fourth-order valence-corrected chi connectivity index (χ4v) is 3.85. The number of anilines is 1. The van der Waals surface area contributed by atoms with Crippen molar-refractivity contribution >= 4 is 28.6 Å². The number of imidazole rings is 1. The third-order valence-corrected chi connectivity index (χ3v) is 5.68. The zero-order valence-corrected chi connectivity index (χ0v) is 17.9. The van der Waals surface area contributed by atoms with E-state index in [0.29, 0.717) is 0 Å². The van der Waals surface area contributed by atoms with Gasteiger partial charge < -0.3 is 14.2 Å². The molecule has 3 heterocycles. The van der Waals surface area contributed by atoms with Crippen molar-refractivity contribution in [3.63, 3.8) is 0 Å². The van der Waals surface area contributed by atoms with Crippen LogP contribution in [0, 0.1) is 11.8 Å². The molecular weight excluding hydrogens is 408 g/mol. The number of nitrogens with zero attached hydrogens (tertiary/aromatic N) is 4. The molecule has 6 heteroatoms. The fraction of sp³-hybridized carbons (Fsp3) is 0.200. The van der Waals surface area contributed by atoms with Crippen molar-refractivity contribution in [3.8, 4) is 23.0 Å². The molecule has 1 fully saturated rings. The predicted molar refractivity (Wildman–Crippen MR) is 124 cm³/mol. The van der Waals surface area contributed by atoms with Crippen LogP contribution in [0.15, 0.2) is 60.8 Å². The summed E-state index contributed by atoms with van der Waals surface area (Å²) in [7, 11) is 2.05. The Morgan fingerprint density at radius 3 is 2.45 bits per heavy atom. The van der Waals surface area contributed by atoms with Gasteiger partial charge in [-0.2, -0.15) is 0 Å². The van der Waals surface area contributed by atoms with Gasteiger partial charge in [0.2, 0.25) is 5.95 Å². The molecule has 5 rings (SSSR count). The second-order valence-corrected chi connectivity index (χ2v) is 7.90. The molecule has 31 heavy (non-hydrogen) atoms. The molecular formula is C25H21ClN4O. The Kier molecular flexibility index (Phi) is 5.33. The van der Waals surface area contributed by atoms with Crippen LogP contribution in [0.1, 0.15) is 11.3 Å². The van der Waals surface area contributed by atoms with Gasteiger partial charge in [0.05, 0.1) is 24.2 Å². The summed E-state index contributed by atoms with van der Waals surface area (Å²) < 4.78 is 7.59. The zero-order chi connectivity index (χ0) is 21.2. The number of benzene rings is 2. The lowest BCUT2D eigenvalue weighted by Gasteiger charge is -2.27. The van der Waals surface area contributed by atoms with Gasteiger partial charge in [-0.3, -0.25) is 0 Å². The molecule has 0 atom stereocenters. The lowest BCUT2D eigenvalue weighted by Crippen LogP contribution is -2.37. The number of ether oxygens (including phenoxy) is 1. The van der Waals surface area contributed by atoms with Crippen LogP contribution >= 0.6 is 11.6 Å². The maximum absolute atomic E-state index is 5.96. The van der Waals surface area contributed by atoms with Gasteiger partial charge in [0.15, 0.2) is 0 Å². The van der Waals surface area contributed by atoms with Gasteiger partial charge in [-0.15, -0.1) is 0 Å². The highest BCUT2D eigenvalue weighted by molar-refractivity contribution is 6.30. The Bertz CT molecular complexity index is 1280. The smallest absolute Gasteiger partial charge is 0.206 e. The first kappa shape index (κ1) is 19.6. The minimum absolute atomic E-state index is 0.723. The van der Waals surface area contributed by atoms with E-state index in [0.717, 1.165) is 70.7 Å². The average Bonchev–Trinajstić information content (AvgIpc) is 3.15. The molecule has 0 aliphatic carbocycles. The first-order valence-electron chi connectivity index (χ1n) is 10.2. The number of halogens is 1. The van der Waals surface area contributed by atoms with Crippen molar-refractivity contribution in [1.29, 1.82) is 0 Å². The van der Waals surface area contributed by atoms with E-state index in [4.69, 9.17) is 21.3 Å². The Morgan fingerprint density at radius 2 is 1.71 bits per heavy atom. The molecule has 2 aromatic heterocycles. The van der Waals surface area contributed by atoms with Crippen LogP contribution in [-0.2, 0) is 11.8 Å². The zero-order valence-electron chi connectivity index (χ0n) is 17.2. The summed E-state index contributed by atoms with van der Waals surface area (Å²) in [6.45, 7) is 3.20. The van der Waals surface area contributed by atoms with Crippen LogP contribution in [0.25, 0.3) is 22.2 Å². The Labute approximate surface area is 186 Å². The van der Waals surface area contributed by atoms with E-state index < -0.39 is 0 Å². The highest BCUT2D eigenvalue weighted by Crippen LogP contribution is 2.23. The molecule has 2 aromatic carbocycles. The van der Waals surface area contributed by atoms with Crippen LogP contribution in [0.4, 0.5) is 5.95 Å². The molecule has 0 spiro atoms. The number of fused-ring (bicyclic) bond motifs is 1. The first-order valence-corrected chi connectivity index (χ1v) is 10.6. The second kappa shape index (κ2) is 8.43. The van der Waals surface area contributed by atoms with Crippen LogP contribution in [-0.4, -0.2) is 40.8 Å². The summed E-state index contributed by atoms with van der Waals surface area (Å²) in [5.74, 6) is 7.34. The van der Waals surface area contributed by atoms with Crippen molar-refractivity contribution in [2.24, 2.45) is 7.05 Å². The van der Waals surface area contributed by atoms with Gasteiger partial charge in [-0.1, -0.05) is 35.7 Å². The molecule has 5 nitrogen and oxygen atoms in total. The summed E-state index contributed by atoms with van der Waals surface area (Å²) in [4.78, 5) is 11.6. The molecule has 0 radical (unpaired) electrons. The number of morpholine rings is 1. The highest BCUT2D eigenvalue weighted by Gasteiger charge is 2.17. The SMILES string of the molecule is Cn1c(N2CCOCC2)nc2cc(C#Cc3ccc(-c4ccc(Cl)cc4)cn3)ccc21. The van der Waals surface area contributed by atoms with E-state index >= 15 is 0 Å². The Morgan fingerprint density at radius 1 is 0.935 bits per heavy atom. The standard InChI is InChI=1S/C25H21ClN4O/c1-29-24-11-3-18(16-23(24)28-25(29)30-12-14-31-15-13-30)2-9-22-10-6-20(17-27-22)19-4-7-21(26)8-5-19/h3-8,10-11,16-17H,12-15H2,1H3. The van der Waals surface area contributed by atoms with Crippen molar-refractivity contribution in [3.05, 3.63) is 77.1 Å². The van der Waals surface area contributed by atoms with Crippen molar-refractivity contribution in [2.45, 2.75) is 0 Å². The summed E-state index contributed by atoms with van der Waals surface area (Å²) in [5, 5.41) is 0.723. The second-order valence-electron chi connectivity index (χ2n) is 7.46. The predicted octanol–water partition coefficient (Wildman–Crippen LogP) is 4.53. The molecule has 1 aliphatic heterocycles. The van der Waals surface area contributed by atoms with Crippen LogP contribution in [0.2, 0.25) is 5.02 Å². The molecule has 1 saturated heterocycles. The minimum Gasteiger partial charge on any atom is -0.378 e. The van der Waals surface area contributed by atoms with Gasteiger partial charge in [-0.05, 0) is 47.9 Å². The minimum atomic E-state index is 0.723. The van der Waals surface area contributed by atoms with E-state index in [2.05, 4.69) is 39.4 Å². The lowest BCUT2D eigenvalue weighted by molar-refractivity contribution is 0.122. The summed E-state index contributed by atoms with van der Waals surface area (Å²) in [6.07, 6.45) is 1.84. The van der Waals surface area contributed by atoms with Gasteiger partial charge in [0.25, 0.3) is 0 Å². The molecule has 4 aromatic rings. The van der Waals surface area contributed by atoms with Crippen LogP contribution in [0.3, 0.4) is 0 Å². The molecule has 1 aliphatic rings. The van der Waals surface area contributed by atoms with Crippen LogP contribution < -0.4 is 4.90 Å². The quantitative estimate of drug-likeness (QED) is 0.440. The van der Waals surface area contributed by atoms with Gasteiger partial charge >= 0.3 is 0 Å². The monoisotopic (exact) mass is 428 g/mol. The maximum Gasteiger partial charge on any atom is 0.206 e. The number of aryl methyl sites for hydroxylation is 1. The third-order valence-electron chi connectivity index (χ3n) is 5.43. The van der Waals surface area contributed by atoms with E-state index in [1.807, 2.05) is 54.7 Å². The van der Waals surface area contributed by atoms with Gasteiger partial charge in [0.1, 0.15) is 5.69 Å². The summed E-state index contributed by atoms with van der Waals surface area (Å²) in [5.41, 5.74) is 5.80. The summed E-state index contributed by atoms with van der Waals surface area (Å²) in [6, 6.07) is 17.8. The highest BCUT2D eigenvalue weighted by atomic mass is 35.5. The Hall–Kier alpha value is -3.33. The van der Waals surface area contributed by atoms with E-state index in [1.54, 1.807) is 0 Å². The van der Waals surface area contributed by atoms with Crippen molar-refractivity contribution in [1.82, 2.24) is 14.5 Å². The number of hydrogen-bond donors (Lipinski definition) is 0. The first-order chi connectivity index (χ1) is 15.2. The molecule has 154 valence electrons. The third kappa shape index (κ3) is 4.13. The number of rotatable bonds is 2. The molecule has 0 bridgehead atoms. The maximum atomic E-state index is 5.96. The van der Waals surface area contributed by atoms with E-state index in [-0.39, 0.29) is 0 Å². The molecule has 0 saturated carbocycles. The lowest BCUT2D eigenvalue weighted by atomic mass is 10.1. The van der Waals surface area contributed by atoms with E-state index in [9.17, 15) is 0 Å². The summed E-state index contributed by atoms with van der Waals surface area (Å²) >= 11 is 5.96. The number of pyridine rings is 1. The molecule has 0 N–H and O–H groups in total.